The second kappa shape index (κ2) is 10.9. The van der Waals surface area contributed by atoms with E-state index >= 15 is 0 Å². The molecule has 0 aliphatic carbocycles. The van der Waals surface area contributed by atoms with Crippen LogP contribution < -0.4 is 20.3 Å². The third-order valence-electron chi connectivity index (χ3n) is 7.08. The van der Waals surface area contributed by atoms with Crippen molar-refractivity contribution in [2.45, 2.75) is 44.3 Å². The third-order valence-corrected chi connectivity index (χ3v) is 7.08. The molecule has 12 nitrogen and oxygen atoms in total. The van der Waals surface area contributed by atoms with Gasteiger partial charge in [-0.25, -0.2) is 19.3 Å². The van der Waals surface area contributed by atoms with Crippen molar-refractivity contribution >= 4 is 17.5 Å². The normalized spacial score (nSPS) is 18.6. The Morgan fingerprint density at radius 2 is 1.95 bits per heavy atom. The maximum Gasteiger partial charge on any atom is 0.453 e. The summed E-state index contributed by atoms with van der Waals surface area (Å²) in [5.41, 5.74) is 2.35. The Hall–Kier alpha value is -4.79. The van der Waals surface area contributed by atoms with Crippen molar-refractivity contribution in [3.05, 3.63) is 83.5 Å². The fourth-order valence-electron chi connectivity index (χ4n) is 4.94. The van der Waals surface area contributed by atoms with Crippen molar-refractivity contribution in [1.82, 2.24) is 40.2 Å². The molecule has 2 aromatic heterocycles. The molecule has 2 aliphatic rings. The Bertz CT molecular complexity index is 1620. The van der Waals surface area contributed by atoms with Gasteiger partial charge in [0.1, 0.15) is 30.5 Å². The maximum atomic E-state index is 13.3. The van der Waals surface area contributed by atoms with E-state index in [1.807, 2.05) is 36.4 Å². The molecule has 2 aliphatic heterocycles. The van der Waals surface area contributed by atoms with E-state index in [1.54, 1.807) is 23.9 Å². The smallest absolute Gasteiger partial charge is 0.453 e. The first-order chi connectivity index (χ1) is 20.1. The van der Waals surface area contributed by atoms with Gasteiger partial charge in [0.25, 0.3) is 17.6 Å². The van der Waals surface area contributed by atoms with Crippen LogP contribution in [-0.4, -0.2) is 67.1 Å². The van der Waals surface area contributed by atoms with Gasteiger partial charge in [-0.15, -0.1) is 10.2 Å². The number of alkyl halides is 3. The van der Waals surface area contributed by atoms with E-state index in [4.69, 9.17) is 4.74 Å². The zero-order valence-corrected chi connectivity index (χ0v) is 22.4. The summed E-state index contributed by atoms with van der Waals surface area (Å²) in [6.45, 7) is 0.718. The zero-order chi connectivity index (χ0) is 29.4. The lowest BCUT2D eigenvalue weighted by molar-refractivity contribution is -0.145. The molecule has 6 rings (SSSR count). The number of aromatic nitrogens is 6. The van der Waals surface area contributed by atoms with Gasteiger partial charge in [-0.2, -0.15) is 13.2 Å². The number of nitrogens with zero attached hydrogens (tertiary/aromatic N) is 7. The molecule has 2 atom stereocenters. The lowest BCUT2D eigenvalue weighted by atomic mass is 10.0. The minimum atomic E-state index is -4.61. The summed E-state index contributed by atoms with van der Waals surface area (Å²) in [6, 6.07) is 13.8. The first kappa shape index (κ1) is 27.4. The van der Waals surface area contributed by atoms with E-state index in [9.17, 15) is 22.8 Å². The lowest BCUT2D eigenvalue weighted by Crippen LogP contribution is -2.49. The Morgan fingerprint density at radius 1 is 1.14 bits per heavy atom. The third kappa shape index (κ3) is 5.68. The largest absolute Gasteiger partial charge is 0.489 e. The first-order valence-corrected chi connectivity index (χ1v) is 13.2. The minimum absolute atomic E-state index is 0.0664. The topological polar surface area (TPSA) is 132 Å². The number of amides is 2. The van der Waals surface area contributed by atoms with E-state index in [-0.39, 0.29) is 43.3 Å². The summed E-state index contributed by atoms with van der Waals surface area (Å²) in [7, 11) is 1.59. The second-order valence-electron chi connectivity index (χ2n) is 10.1. The summed E-state index contributed by atoms with van der Waals surface area (Å²) in [6.07, 6.45) is -2.68. The van der Waals surface area contributed by atoms with Crippen LogP contribution in [0.2, 0.25) is 0 Å². The number of nitrogens with one attached hydrogen (secondary N) is 2. The predicted octanol–water partition coefficient (Wildman–Crippen LogP) is 1.80. The van der Waals surface area contributed by atoms with Crippen LogP contribution in [0, 0.1) is 0 Å². The molecular weight excluding hydrogens is 555 g/mol. The van der Waals surface area contributed by atoms with Crippen molar-refractivity contribution < 1.29 is 27.5 Å². The number of carbonyl (C=O) groups excluding carboxylic acids is 2. The molecule has 2 amide bonds. The molecule has 42 heavy (non-hydrogen) atoms. The predicted molar refractivity (Wildman–Crippen MR) is 142 cm³/mol. The van der Waals surface area contributed by atoms with Gasteiger partial charge < -0.3 is 20.3 Å². The van der Waals surface area contributed by atoms with Crippen LogP contribution >= 0.6 is 0 Å². The molecule has 15 heteroatoms. The van der Waals surface area contributed by atoms with Gasteiger partial charge in [0.2, 0.25) is 5.82 Å². The van der Waals surface area contributed by atoms with Gasteiger partial charge in [0.05, 0.1) is 25.3 Å². The summed E-state index contributed by atoms with van der Waals surface area (Å²) in [5.74, 6) is -1.52. The number of halogens is 3. The van der Waals surface area contributed by atoms with Crippen LogP contribution in [0.25, 0.3) is 0 Å². The molecule has 0 bridgehead atoms. The molecule has 4 heterocycles. The number of hydrogen-bond acceptors (Lipinski definition) is 8. The van der Waals surface area contributed by atoms with Crippen LogP contribution in [0.3, 0.4) is 0 Å². The van der Waals surface area contributed by atoms with Crippen LogP contribution in [0.1, 0.15) is 33.4 Å². The zero-order valence-electron chi connectivity index (χ0n) is 22.4. The molecule has 2 N–H and O–H groups in total. The highest BCUT2D eigenvalue weighted by atomic mass is 19.4. The average molecular weight is 582 g/mol. The molecule has 2 aromatic carbocycles. The van der Waals surface area contributed by atoms with E-state index < -0.39 is 23.9 Å². The highest BCUT2D eigenvalue weighted by Gasteiger charge is 2.38. The number of anilines is 1. The molecule has 218 valence electrons. The average Bonchev–Trinajstić information content (AvgIpc) is 3.60. The van der Waals surface area contributed by atoms with Crippen molar-refractivity contribution in [2.75, 3.05) is 18.6 Å². The standard InChI is InChI=1S/C27H26F3N9O3/c1-37-20-10-17(9-18-13-39-22(11-31-18)34-26(36-39)27(28,29)30)7-8-21(20)42-14-19(25(37)41)33-24(40)23-32-15-38(35-23)12-16-5-3-2-4-6-16/h2-8,10,15,18-19,31H,9,11-14H2,1H3,(H,33,40)/t18?,19-/m1/s1. The number of carbonyl (C=O) groups is 2. The number of rotatable bonds is 6. The lowest BCUT2D eigenvalue weighted by Gasteiger charge is -2.25. The van der Waals surface area contributed by atoms with E-state index in [0.717, 1.165) is 11.1 Å². The van der Waals surface area contributed by atoms with Crippen LogP contribution in [-0.2, 0) is 37.0 Å². The van der Waals surface area contributed by atoms with Gasteiger partial charge in [0, 0.05) is 13.1 Å². The molecule has 0 spiro atoms. The highest BCUT2D eigenvalue weighted by Crippen LogP contribution is 2.32. The number of benzene rings is 2. The molecule has 0 saturated carbocycles. The summed E-state index contributed by atoms with van der Waals surface area (Å²) < 4.78 is 47.7. The molecule has 4 aromatic rings. The number of likely N-dealkylation sites (N-methyl/N-ethyl adjacent to an activating group) is 1. The molecule has 1 unspecified atom stereocenters. The minimum Gasteiger partial charge on any atom is -0.489 e. The molecule has 0 saturated heterocycles. The fraction of sp³-hybridized carbons (Fsp3) is 0.333. The van der Waals surface area contributed by atoms with Gasteiger partial charge >= 0.3 is 6.18 Å². The maximum absolute atomic E-state index is 13.3. The second-order valence-corrected chi connectivity index (χ2v) is 10.1. The number of fused-ring (bicyclic) bond motifs is 2. The molecular formula is C27H26F3N9O3. The Morgan fingerprint density at radius 3 is 2.74 bits per heavy atom. The number of ether oxygens (including phenoxy) is 1. The summed E-state index contributed by atoms with van der Waals surface area (Å²) >= 11 is 0. The summed E-state index contributed by atoms with van der Waals surface area (Å²) in [4.78, 5) is 35.3. The SMILES string of the molecule is CN1C(=O)[C@H](NC(=O)c2ncn(Cc3ccccc3)n2)COc2ccc(CC3Cn4nc(C(F)(F)F)nc4CN3)cc21. The van der Waals surface area contributed by atoms with Crippen molar-refractivity contribution in [2.24, 2.45) is 0 Å². The van der Waals surface area contributed by atoms with Crippen LogP contribution in [0.15, 0.2) is 54.9 Å². The van der Waals surface area contributed by atoms with Crippen LogP contribution in [0.4, 0.5) is 18.9 Å². The van der Waals surface area contributed by atoms with Gasteiger partial charge in [-0.1, -0.05) is 36.4 Å². The quantitative estimate of drug-likeness (QED) is 0.353. The van der Waals surface area contributed by atoms with Gasteiger partial charge in [-0.05, 0) is 29.7 Å². The molecule has 0 fully saturated rings. The van der Waals surface area contributed by atoms with Crippen LogP contribution in [0.5, 0.6) is 5.75 Å². The monoisotopic (exact) mass is 581 g/mol. The van der Waals surface area contributed by atoms with Crippen molar-refractivity contribution in [3.8, 4) is 5.75 Å². The van der Waals surface area contributed by atoms with E-state index in [1.165, 1.54) is 15.9 Å². The summed E-state index contributed by atoms with van der Waals surface area (Å²) in [5, 5.41) is 13.7. The molecule has 0 radical (unpaired) electrons. The van der Waals surface area contributed by atoms with Crippen molar-refractivity contribution in [3.63, 3.8) is 0 Å². The Balaban J connectivity index is 1.10. The Labute approximate surface area is 237 Å². The van der Waals surface area contributed by atoms with Gasteiger partial charge in [0.15, 0.2) is 0 Å². The highest BCUT2D eigenvalue weighted by molar-refractivity contribution is 6.02. The van der Waals surface area contributed by atoms with Gasteiger partial charge in [-0.3, -0.25) is 9.59 Å². The van der Waals surface area contributed by atoms with E-state index in [0.29, 0.717) is 24.4 Å². The number of hydrogen-bond donors (Lipinski definition) is 2. The first-order valence-electron chi connectivity index (χ1n) is 13.2. The van der Waals surface area contributed by atoms with E-state index in [2.05, 4.69) is 30.8 Å². The van der Waals surface area contributed by atoms with Crippen molar-refractivity contribution in [1.29, 1.82) is 0 Å². The fourth-order valence-corrected chi connectivity index (χ4v) is 4.94. The Kier molecular flexibility index (Phi) is 7.10.